The summed E-state index contributed by atoms with van der Waals surface area (Å²) in [6.45, 7) is -0.211. The van der Waals surface area contributed by atoms with Crippen molar-refractivity contribution in [3.05, 3.63) is 28.8 Å². The van der Waals surface area contributed by atoms with Gasteiger partial charge in [0, 0.05) is 5.02 Å². The van der Waals surface area contributed by atoms with Gasteiger partial charge in [0.05, 0.1) is 25.8 Å². The van der Waals surface area contributed by atoms with Gasteiger partial charge in [-0.1, -0.05) is 11.6 Å². The zero-order valence-corrected chi connectivity index (χ0v) is 10.9. The molecule has 1 N–H and O–H groups in total. The molecule has 0 heterocycles. The van der Waals surface area contributed by atoms with Crippen LogP contribution in [0, 0.1) is 0 Å². The topological polar surface area (TPSA) is 66.8 Å². The smallest absolute Gasteiger partial charge is 0.317 e. The lowest BCUT2D eigenvalue weighted by Crippen LogP contribution is -2.31. The minimum Gasteiger partial charge on any atom is -0.496 e. The van der Waals surface area contributed by atoms with Crippen LogP contribution in [0.5, 0.6) is 5.75 Å². The molecule has 0 fully saturated rings. The van der Waals surface area contributed by atoms with Gasteiger partial charge in [0.15, 0.2) is 5.78 Å². The first kappa shape index (κ1) is 14.5. The van der Waals surface area contributed by atoms with E-state index < -0.39 is 5.97 Å². The Balaban J connectivity index is 2.83. The quantitative estimate of drug-likeness (QED) is 0.795. The normalized spacial score (nSPS) is 10.4. The minimum atomic E-state index is -0.983. The molecule has 0 saturated heterocycles. The van der Waals surface area contributed by atoms with E-state index >= 15 is 0 Å². The first-order valence-corrected chi connectivity index (χ1v) is 5.59. The molecule has 0 saturated carbocycles. The van der Waals surface area contributed by atoms with Crippen LogP contribution >= 0.6 is 11.6 Å². The summed E-state index contributed by atoms with van der Waals surface area (Å²) in [5.41, 5.74) is 0.349. The number of carboxylic acid groups (broad SMARTS) is 1. The number of benzene rings is 1. The third-order valence-corrected chi connectivity index (χ3v) is 2.52. The van der Waals surface area contributed by atoms with Crippen LogP contribution in [0.25, 0.3) is 0 Å². The molecular weight excluding hydrogens is 258 g/mol. The number of likely N-dealkylation sites (N-methyl/N-ethyl adjacent to an activating group) is 1. The van der Waals surface area contributed by atoms with Gasteiger partial charge in [0.2, 0.25) is 0 Å². The number of ether oxygens (including phenoxy) is 1. The van der Waals surface area contributed by atoms with Crippen molar-refractivity contribution in [3.8, 4) is 5.75 Å². The van der Waals surface area contributed by atoms with Gasteiger partial charge in [0.25, 0.3) is 0 Å². The molecule has 1 aromatic rings. The molecule has 1 rings (SSSR count). The Kier molecular flexibility index (Phi) is 5.12. The van der Waals surface area contributed by atoms with E-state index in [1.54, 1.807) is 19.2 Å². The number of hydrogen-bond acceptors (Lipinski definition) is 4. The predicted octanol–water partition coefficient (Wildman–Crippen LogP) is 1.55. The molecule has 0 aliphatic rings. The Bertz CT molecular complexity index is 461. The second kappa shape index (κ2) is 6.37. The number of Topliss-reactive ketones (excluding diaryl/α,β-unsaturated/α-hetero) is 1. The van der Waals surface area contributed by atoms with Gasteiger partial charge >= 0.3 is 5.97 Å². The van der Waals surface area contributed by atoms with E-state index in [2.05, 4.69) is 0 Å². The lowest BCUT2D eigenvalue weighted by atomic mass is 10.1. The summed E-state index contributed by atoms with van der Waals surface area (Å²) in [7, 11) is 3.02. The van der Waals surface area contributed by atoms with Crippen molar-refractivity contribution in [2.24, 2.45) is 0 Å². The summed E-state index contributed by atoms with van der Waals surface area (Å²) in [6, 6.07) is 4.74. The summed E-state index contributed by atoms with van der Waals surface area (Å²) in [5.74, 6) is -0.797. The lowest BCUT2D eigenvalue weighted by Gasteiger charge is -2.14. The fraction of sp³-hybridized carbons (Fsp3) is 0.333. The molecule has 0 radical (unpaired) electrons. The fourth-order valence-electron chi connectivity index (χ4n) is 1.52. The molecule has 5 nitrogen and oxygen atoms in total. The number of nitrogens with zero attached hydrogens (tertiary/aromatic N) is 1. The van der Waals surface area contributed by atoms with Crippen molar-refractivity contribution in [2.45, 2.75) is 0 Å². The minimum absolute atomic E-state index is 0.0109. The molecule has 98 valence electrons. The van der Waals surface area contributed by atoms with Gasteiger partial charge in [-0.05, 0) is 25.2 Å². The molecule has 0 aliphatic heterocycles. The van der Waals surface area contributed by atoms with E-state index in [0.717, 1.165) is 0 Å². The maximum absolute atomic E-state index is 12.0. The second-order valence-electron chi connectivity index (χ2n) is 3.83. The number of rotatable bonds is 6. The van der Waals surface area contributed by atoms with Crippen LogP contribution in [-0.4, -0.2) is 49.0 Å². The maximum atomic E-state index is 12.0. The van der Waals surface area contributed by atoms with E-state index in [9.17, 15) is 9.59 Å². The number of methoxy groups -OCH3 is 1. The van der Waals surface area contributed by atoms with Gasteiger partial charge in [-0.2, -0.15) is 0 Å². The summed E-state index contributed by atoms with van der Waals surface area (Å²) >= 11 is 5.82. The molecule has 0 unspecified atom stereocenters. The van der Waals surface area contributed by atoms with Crippen molar-refractivity contribution in [3.63, 3.8) is 0 Å². The summed E-state index contributed by atoms with van der Waals surface area (Å²) in [4.78, 5) is 23.9. The highest BCUT2D eigenvalue weighted by molar-refractivity contribution is 6.31. The highest BCUT2D eigenvalue weighted by Crippen LogP contribution is 2.23. The SMILES string of the molecule is COc1ccc(Cl)cc1C(=O)CN(C)CC(=O)O. The molecule has 0 atom stereocenters. The molecule has 0 spiro atoms. The van der Waals surface area contributed by atoms with Crippen molar-refractivity contribution in [1.29, 1.82) is 0 Å². The average molecular weight is 272 g/mol. The third-order valence-electron chi connectivity index (χ3n) is 2.28. The lowest BCUT2D eigenvalue weighted by molar-refractivity contribution is -0.137. The fourth-order valence-corrected chi connectivity index (χ4v) is 1.69. The van der Waals surface area contributed by atoms with Crippen molar-refractivity contribution in [1.82, 2.24) is 4.90 Å². The van der Waals surface area contributed by atoms with Crippen LogP contribution in [0.2, 0.25) is 5.02 Å². The predicted molar refractivity (Wildman–Crippen MR) is 67.5 cm³/mol. The first-order valence-electron chi connectivity index (χ1n) is 5.21. The number of carboxylic acids is 1. The van der Waals surface area contributed by atoms with Gasteiger partial charge < -0.3 is 9.84 Å². The van der Waals surface area contributed by atoms with Gasteiger partial charge in [-0.3, -0.25) is 14.5 Å². The molecule has 0 amide bonds. The Morgan fingerprint density at radius 3 is 2.61 bits per heavy atom. The third kappa shape index (κ3) is 4.01. The second-order valence-corrected chi connectivity index (χ2v) is 4.27. The highest BCUT2D eigenvalue weighted by Gasteiger charge is 2.16. The zero-order valence-electron chi connectivity index (χ0n) is 10.1. The summed E-state index contributed by atoms with van der Waals surface area (Å²) in [6.07, 6.45) is 0. The summed E-state index contributed by atoms with van der Waals surface area (Å²) < 4.78 is 5.07. The van der Waals surface area contributed by atoms with E-state index in [4.69, 9.17) is 21.4 Å². The van der Waals surface area contributed by atoms with Crippen molar-refractivity contribution >= 4 is 23.4 Å². The largest absolute Gasteiger partial charge is 0.496 e. The molecule has 6 heteroatoms. The van der Waals surface area contributed by atoms with Crippen LogP contribution in [0.15, 0.2) is 18.2 Å². The van der Waals surface area contributed by atoms with Crippen LogP contribution < -0.4 is 4.74 Å². The van der Waals surface area contributed by atoms with Gasteiger partial charge in [-0.15, -0.1) is 0 Å². The molecule has 1 aromatic carbocycles. The molecule has 0 bridgehead atoms. The number of ketones is 1. The molecule has 18 heavy (non-hydrogen) atoms. The zero-order chi connectivity index (χ0) is 13.7. The van der Waals surface area contributed by atoms with Crippen LogP contribution in [-0.2, 0) is 4.79 Å². The van der Waals surface area contributed by atoms with E-state index in [-0.39, 0.29) is 18.9 Å². The number of halogens is 1. The molecular formula is C12H14ClNO4. The van der Waals surface area contributed by atoms with Gasteiger partial charge in [0.1, 0.15) is 5.75 Å². The number of carbonyl (C=O) groups is 2. The molecule has 0 aliphatic carbocycles. The van der Waals surface area contributed by atoms with Crippen molar-refractivity contribution in [2.75, 3.05) is 27.2 Å². The molecule has 0 aromatic heterocycles. The first-order chi connectivity index (χ1) is 8.43. The Hall–Kier alpha value is -1.59. The van der Waals surface area contributed by atoms with Crippen LogP contribution in [0.4, 0.5) is 0 Å². The highest BCUT2D eigenvalue weighted by atomic mass is 35.5. The van der Waals surface area contributed by atoms with Gasteiger partial charge in [-0.25, -0.2) is 0 Å². The Morgan fingerprint density at radius 2 is 2.06 bits per heavy atom. The standard InChI is InChI=1S/C12H14ClNO4/c1-14(7-12(16)17)6-10(15)9-5-8(13)3-4-11(9)18-2/h3-5H,6-7H2,1-2H3,(H,16,17). The maximum Gasteiger partial charge on any atom is 0.317 e. The van der Waals surface area contributed by atoms with E-state index in [0.29, 0.717) is 16.3 Å². The monoisotopic (exact) mass is 271 g/mol. The van der Waals surface area contributed by atoms with Crippen LogP contribution in [0.3, 0.4) is 0 Å². The van der Waals surface area contributed by atoms with E-state index in [1.165, 1.54) is 18.1 Å². The number of carbonyl (C=O) groups excluding carboxylic acids is 1. The Morgan fingerprint density at radius 1 is 1.39 bits per heavy atom. The van der Waals surface area contributed by atoms with E-state index in [1.807, 2.05) is 0 Å². The van der Waals surface area contributed by atoms with Crippen molar-refractivity contribution < 1.29 is 19.4 Å². The average Bonchev–Trinajstić information content (AvgIpc) is 2.27. The van der Waals surface area contributed by atoms with Crippen LogP contribution in [0.1, 0.15) is 10.4 Å². The Labute approximate surface area is 110 Å². The number of aliphatic carboxylic acids is 1. The number of hydrogen-bond donors (Lipinski definition) is 1. The summed E-state index contributed by atoms with van der Waals surface area (Å²) in [5, 5.41) is 9.04.